The summed E-state index contributed by atoms with van der Waals surface area (Å²) in [6.07, 6.45) is -6.12. The predicted octanol–water partition coefficient (Wildman–Crippen LogP) is 2.18. The Morgan fingerprint density at radius 1 is 0.471 bits per heavy atom. The summed E-state index contributed by atoms with van der Waals surface area (Å²) in [5, 5.41) is 0. The molecule has 0 aliphatic rings. The van der Waals surface area contributed by atoms with Crippen LogP contribution in [-0.2, 0) is 10.1 Å². The molecular weight excluding hydrogens is 568 g/mol. The SMILES string of the molecule is O=S(=O)([O-])C(F)C(F)(F)C(F)(F)C(F)(F)C(F)(F)C(F)(F)C(F)(F)C(F)(F)C(F)(F)C(F)F.[Li+]. The molecule has 0 saturated carbocycles. The molecule has 0 spiro atoms. The van der Waals surface area contributed by atoms with Crippen LogP contribution in [0.1, 0.15) is 0 Å². The van der Waals surface area contributed by atoms with Gasteiger partial charge in [-0.25, -0.2) is 21.6 Å². The molecule has 0 heterocycles. The summed E-state index contributed by atoms with van der Waals surface area (Å²) < 4.78 is 275. The van der Waals surface area contributed by atoms with Crippen LogP contribution in [0.4, 0.5) is 83.4 Å². The Kier molecular flexibility index (Phi) is 9.28. The molecule has 0 rings (SSSR count). The van der Waals surface area contributed by atoms with Crippen molar-refractivity contribution >= 4 is 10.1 Å². The Morgan fingerprint density at radius 3 is 0.882 bits per heavy atom. The van der Waals surface area contributed by atoms with E-state index in [1.54, 1.807) is 0 Å². The smallest absolute Gasteiger partial charge is 0.746 e. The van der Waals surface area contributed by atoms with Gasteiger partial charge in [0.2, 0.25) is 0 Å². The Balaban J connectivity index is 0. The fourth-order valence-electron chi connectivity index (χ4n) is 1.67. The maximum Gasteiger partial charge on any atom is 1.00 e. The Hall–Kier alpha value is -0.823. The maximum absolute atomic E-state index is 13.3. The standard InChI is InChI=1S/C10H3F19O3S.Li/c11-1(12)3(14,15)5(18,19)7(22,23)9(26,27)10(28,29)8(24,25)6(20,21)4(16,17)2(13)33(30,31)32;/h1-2H,(H,30,31,32);/q;+1/p-1. The van der Waals surface area contributed by atoms with Gasteiger partial charge in [0, 0.05) is 0 Å². The molecule has 1 unspecified atom stereocenters. The molecule has 34 heavy (non-hydrogen) atoms. The Bertz CT molecular complexity index is 837. The topological polar surface area (TPSA) is 57.2 Å². The minimum Gasteiger partial charge on any atom is -0.746 e. The largest absolute Gasteiger partial charge is 1.00 e. The van der Waals surface area contributed by atoms with E-state index in [1.807, 2.05) is 0 Å². The van der Waals surface area contributed by atoms with Crippen molar-refractivity contribution in [2.45, 2.75) is 59.3 Å². The van der Waals surface area contributed by atoms with E-state index in [0.29, 0.717) is 0 Å². The summed E-state index contributed by atoms with van der Waals surface area (Å²) in [6, 6.07) is 0. The molecule has 0 aliphatic carbocycles. The summed E-state index contributed by atoms with van der Waals surface area (Å²) in [5.41, 5.74) is -6.18. The third-order valence-electron chi connectivity index (χ3n) is 3.62. The van der Waals surface area contributed by atoms with Crippen LogP contribution in [0.5, 0.6) is 0 Å². The van der Waals surface area contributed by atoms with Crippen LogP contribution in [0, 0.1) is 0 Å². The molecule has 0 aromatic heterocycles. The molecule has 1 atom stereocenters. The van der Waals surface area contributed by atoms with Crippen molar-refractivity contribution in [1.29, 1.82) is 0 Å². The van der Waals surface area contributed by atoms with Crippen molar-refractivity contribution in [3.8, 4) is 0 Å². The first-order valence-electron chi connectivity index (χ1n) is 6.74. The first kappa shape index (κ1) is 35.3. The molecule has 0 aromatic carbocycles. The van der Waals surface area contributed by atoms with E-state index in [-0.39, 0.29) is 18.9 Å². The van der Waals surface area contributed by atoms with E-state index in [9.17, 15) is 96.4 Å². The second kappa shape index (κ2) is 8.93. The fraction of sp³-hybridized carbons (Fsp3) is 1.00. The average molecular weight is 570 g/mol. The fourth-order valence-corrected chi connectivity index (χ4v) is 2.18. The van der Waals surface area contributed by atoms with Gasteiger partial charge in [-0.15, -0.1) is 0 Å². The van der Waals surface area contributed by atoms with Gasteiger partial charge in [0.25, 0.3) is 5.50 Å². The van der Waals surface area contributed by atoms with Crippen LogP contribution >= 0.6 is 0 Å². The molecule has 0 amide bonds. The third-order valence-corrected chi connectivity index (χ3v) is 4.42. The van der Waals surface area contributed by atoms with Crippen LogP contribution in [-0.4, -0.2) is 72.3 Å². The summed E-state index contributed by atoms with van der Waals surface area (Å²) >= 11 is 0. The van der Waals surface area contributed by atoms with Crippen LogP contribution in [0.25, 0.3) is 0 Å². The van der Waals surface area contributed by atoms with Crippen molar-refractivity contribution in [3.05, 3.63) is 0 Å². The maximum atomic E-state index is 13.3. The second-order valence-corrected chi connectivity index (χ2v) is 7.20. The summed E-state index contributed by atoms with van der Waals surface area (Å²) in [4.78, 5) is 0. The van der Waals surface area contributed by atoms with E-state index >= 15 is 0 Å². The third kappa shape index (κ3) is 4.42. The molecule has 0 N–H and O–H groups in total. The van der Waals surface area contributed by atoms with Crippen LogP contribution in [0.2, 0.25) is 0 Å². The summed E-state index contributed by atoms with van der Waals surface area (Å²) in [7, 11) is -7.53. The van der Waals surface area contributed by atoms with Crippen molar-refractivity contribution < 1.29 is 115 Å². The van der Waals surface area contributed by atoms with Gasteiger partial charge in [0.1, 0.15) is 10.1 Å². The number of alkyl halides is 19. The molecule has 0 saturated heterocycles. The summed E-state index contributed by atoms with van der Waals surface area (Å²) in [6.45, 7) is 0. The number of halogens is 19. The first-order valence-corrected chi connectivity index (χ1v) is 8.21. The van der Waals surface area contributed by atoms with Crippen LogP contribution < -0.4 is 18.9 Å². The Labute approximate surface area is 185 Å². The van der Waals surface area contributed by atoms with E-state index in [2.05, 4.69) is 0 Å². The molecule has 24 heteroatoms. The number of rotatable bonds is 10. The molecule has 3 nitrogen and oxygen atoms in total. The van der Waals surface area contributed by atoms with E-state index in [1.165, 1.54) is 0 Å². The van der Waals surface area contributed by atoms with Gasteiger partial charge in [-0.05, 0) is 0 Å². The van der Waals surface area contributed by atoms with Gasteiger partial charge in [0.15, 0.2) is 0 Å². The number of hydrogen-bond donors (Lipinski definition) is 0. The van der Waals surface area contributed by atoms with E-state index in [4.69, 9.17) is 0 Å². The van der Waals surface area contributed by atoms with Gasteiger partial charge < -0.3 is 4.55 Å². The zero-order chi connectivity index (χ0) is 27.7. The minimum absolute atomic E-state index is 0. The van der Waals surface area contributed by atoms with Crippen LogP contribution in [0.3, 0.4) is 0 Å². The molecule has 0 bridgehead atoms. The molecule has 0 aliphatic heterocycles. The number of hydrogen-bond acceptors (Lipinski definition) is 3. The monoisotopic (exact) mass is 570 g/mol. The van der Waals surface area contributed by atoms with E-state index < -0.39 is 69.4 Å². The molecule has 0 fully saturated rings. The summed E-state index contributed by atoms with van der Waals surface area (Å²) in [5.74, 6) is -68.8. The van der Waals surface area contributed by atoms with Gasteiger partial charge in [-0.2, -0.15) is 70.2 Å². The normalized spacial score (nSPS) is 17.0. The second-order valence-electron chi connectivity index (χ2n) is 5.80. The predicted molar refractivity (Wildman–Crippen MR) is 60.2 cm³/mol. The minimum atomic E-state index is -9.08. The van der Waals surface area contributed by atoms with Crippen LogP contribution in [0.15, 0.2) is 0 Å². The van der Waals surface area contributed by atoms with Gasteiger partial charge in [0.05, 0.1) is 0 Å². The van der Waals surface area contributed by atoms with Crippen molar-refractivity contribution in [2.75, 3.05) is 0 Å². The van der Waals surface area contributed by atoms with Crippen molar-refractivity contribution in [2.24, 2.45) is 0 Å². The molecular formula is C10H2F19LiO3S. The average Bonchev–Trinajstić information content (AvgIpc) is 2.58. The van der Waals surface area contributed by atoms with E-state index in [0.717, 1.165) is 0 Å². The van der Waals surface area contributed by atoms with Gasteiger partial charge in [-0.3, -0.25) is 0 Å². The van der Waals surface area contributed by atoms with Gasteiger partial charge in [-0.1, -0.05) is 0 Å². The molecule has 0 radical (unpaired) electrons. The zero-order valence-electron chi connectivity index (χ0n) is 15.0. The zero-order valence-corrected chi connectivity index (χ0v) is 15.8. The molecule has 0 aromatic rings. The van der Waals surface area contributed by atoms with Gasteiger partial charge >= 0.3 is 72.7 Å². The Morgan fingerprint density at radius 2 is 0.676 bits per heavy atom. The van der Waals surface area contributed by atoms with Crippen molar-refractivity contribution in [1.82, 2.24) is 0 Å². The van der Waals surface area contributed by atoms with Crippen molar-refractivity contribution in [3.63, 3.8) is 0 Å². The molecule has 200 valence electrons. The quantitative estimate of drug-likeness (QED) is 0.230. The first-order chi connectivity index (χ1) is 13.8.